The maximum atomic E-state index is 12.0. The van der Waals surface area contributed by atoms with Crippen LogP contribution in [0.1, 0.15) is 82.6 Å². The fourth-order valence-corrected chi connectivity index (χ4v) is 6.02. The molecule has 3 atom stereocenters. The Morgan fingerprint density at radius 3 is 2.49 bits per heavy atom. The quantitative estimate of drug-likeness (QED) is 0.268. The second kappa shape index (κ2) is 11.4. The van der Waals surface area contributed by atoms with Crippen molar-refractivity contribution in [2.45, 2.75) is 64.4 Å². The number of carbonyl (C=O) groups is 1. The first kappa shape index (κ1) is 26.8. The summed E-state index contributed by atoms with van der Waals surface area (Å²) in [6, 6.07) is 27.5. The molecule has 192 valence electrons. The van der Waals surface area contributed by atoms with Crippen LogP contribution in [0, 0.1) is 13.8 Å². The summed E-state index contributed by atoms with van der Waals surface area (Å²) >= 11 is 0. The van der Waals surface area contributed by atoms with Crippen molar-refractivity contribution >= 4 is 29.1 Å². The van der Waals surface area contributed by atoms with Gasteiger partial charge in [0.05, 0.1) is 11.7 Å². The zero-order valence-corrected chi connectivity index (χ0v) is 22.6. The summed E-state index contributed by atoms with van der Waals surface area (Å²) in [5.74, 6) is 0.679. The number of fused-ring (bicyclic) bond motifs is 2. The number of aromatic carboxylic acids is 1. The highest BCUT2D eigenvalue weighted by Crippen LogP contribution is 2.43. The first-order valence-electron chi connectivity index (χ1n) is 13.0. The van der Waals surface area contributed by atoms with Crippen LogP contribution >= 0.6 is 12.4 Å². The Bertz CT molecular complexity index is 1400. The van der Waals surface area contributed by atoms with E-state index < -0.39 is 5.97 Å². The second-order valence-electron chi connectivity index (χ2n) is 10.2. The Kier molecular flexibility index (Phi) is 8.24. The van der Waals surface area contributed by atoms with Crippen LogP contribution in [0.3, 0.4) is 0 Å². The van der Waals surface area contributed by atoms with Gasteiger partial charge < -0.3 is 9.84 Å². The van der Waals surface area contributed by atoms with Gasteiger partial charge in [0.2, 0.25) is 0 Å². The van der Waals surface area contributed by atoms with Gasteiger partial charge in [0.1, 0.15) is 5.75 Å². The van der Waals surface area contributed by atoms with E-state index in [1.807, 2.05) is 32.0 Å². The molecule has 1 heterocycles. The molecule has 5 rings (SSSR count). The van der Waals surface area contributed by atoms with E-state index in [2.05, 4.69) is 67.6 Å². The molecule has 0 saturated heterocycles. The number of halogens is 1. The maximum Gasteiger partial charge on any atom is 0.336 e. The highest BCUT2D eigenvalue weighted by atomic mass is 35.5. The van der Waals surface area contributed by atoms with Crippen molar-refractivity contribution in [3.8, 4) is 5.75 Å². The lowest BCUT2D eigenvalue weighted by atomic mass is 9.79. The normalized spacial score (nSPS) is 17.4. The average molecular weight is 515 g/mol. The highest BCUT2D eigenvalue weighted by Gasteiger charge is 2.31. The standard InChI is InChI=1S/C33H34O3.ClH/c1-21(26-16-9-12-24-11-4-5-14-28(24)26)10-8-13-25-20-30(29-15-6-7-17-31(29)36-25)27-19-18-22(2)32(23(27)3)33(34)35;/h4-7,9,11-12,14-19,21,25,30H,8,10,13,20H2,1-3H3,(H,34,35);1H/t21-,25-,30-;/m0./s1. The molecule has 0 aromatic heterocycles. The topological polar surface area (TPSA) is 46.5 Å². The monoisotopic (exact) mass is 514 g/mol. The lowest BCUT2D eigenvalue weighted by Crippen LogP contribution is -2.27. The number of rotatable bonds is 7. The van der Waals surface area contributed by atoms with E-state index in [9.17, 15) is 9.90 Å². The van der Waals surface area contributed by atoms with Gasteiger partial charge in [-0.15, -0.1) is 12.4 Å². The molecule has 0 amide bonds. The van der Waals surface area contributed by atoms with Crippen molar-refractivity contribution in [3.63, 3.8) is 0 Å². The number of hydrogen-bond donors (Lipinski definition) is 1. The third-order valence-electron chi connectivity index (χ3n) is 7.91. The SMILES string of the molecule is Cc1ccc([C@@H]2C[C@H](CCC[C@H](C)c3cccc4ccccc34)Oc3ccccc32)c(C)c1C(=O)O.Cl. The minimum Gasteiger partial charge on any atom is -0.490 e. The van der Waals surface area contributed by atoms with E-state index in [0.29, 0.717) is 11.5 Å². The fourth-order valence-electron chi connectivity index (χ4n) is 6.02. The molecule has 0 radical (unpaired) electrons. The van der Waals surface area contributed by atoms with Gasteiger partial charge in [0.25, 0.3) is 0 Å². The third-order valence-corrected chi connectivity index (χ3v) is 7.91. The fraction of sp³-hybridized carbons (Fsp3) is 0.303. The van der Waals surface area contributed by atoms with Crippen LogP contribution in [0.4, 0.5) is 0 Å². The largest absolute Gasteiger partial charge is 0.490 e. The molecule has 1 aliphatic heterocycles. The Labute approximate surface area is 225 Å². The van der Waals surface area contributed by atoms with Crippen molar-refractivity contribution in [1.82, 2.24) is 0 Å². The molecule has 0 spiro atoms. The molecule has 4 aromatic rings. The van der Waals surface area contributed by atoms with Crippen molar-refractivity contribution < 1.29 is 14.6 Å². The third kappa shape index (κ3) is 5.38. The predicted octanol–water partition coefficient (Wildman–Crippen LogP) is 8.83. The number of carboxylic acid groups (broad SMARTS) is 1. The summed E-state index contributed by atoms with van der Waals surface area (Å²) in [4.78, 5) is 12.0. The van der Waals surface area contributed by atoms with Gasteiger partial charge in [0, 0.05) is 11.5 Å². The summed E-state index contributed by atoms with van der Waals surface area (Å²) < 4.78 is 6.47. The number of hydrogen-bond acceptors (Lipinski definition) is 2. The van der Waals surface area contributed by atoms with Crippen LogP contribution in [0.5, 0.6) is 5.75 Å². The van der Waals surface area contributed by atoms with E-state index in [1.54, 1.807) is 0 Å². The molecule has 0 saturated carbocycles. The molecular weight excluding hydrogens is 480 g/mol. The predicted molar refractivity (Wildman–Crippen MR) is 154 cm³/mol. The Balaban J connectivity index is 0.00000320. The molecule has 0 fully saturated rings. The molecule has 1 N–H and O–H groups in total. The molecular formula is C33H35ClO3. The first-order chi connectivity index (χ1) is 17.4. The van der Waals surface area contributed by atoms with Crippen molar-refractivity contribution in [3.05, 3.63) is 112 Å². The molecule has 0 aliphatic carbocycles. The van der Waals surface area contributed by atoms with Gasteiger partial charge in [-0.3, -0.25) is 0 Å². The number of para-hydroxylation sites is 1. The summed E-state index contributed by atoms with van der Waals surface area (Å²) in [7, 11) is 0. The van der Waals surface area contributed by atoms with E-state index in [0.717, 1.165) is 53.7 Å². The minimum absolute atomic E-state index is 0. The molecule has 0 bridgehead atoms. The lowest BCUT2D eigenvalue weighted by molar-refractivity contribution is 0.0695. The van der Waals surface area contributed by atoms with Crippen molar-refractivity contribution in [1.29, 1.82) is 0 Å². The molecule has 4 heteroatoms. The van der Waals surface area contributed by atoms with Gasteiger partial charge in [-0.2, -0.15) is 0 Å². The molecule has 37 heavy (non-hydrogen) atoms. The van der Waals surface area contributed by atoms with E-state index in [4.69, 9.17) is 4.74 Å². The Hall–Kier alpha value is -3.30. The molecule has 3 nitrogen and oxygen atoms in total. The van der Waals surface area contributed by atoms with Gasteiger partial charge in [-0.25, -0.2) is 4.79 Å². The smallest absolute Gasteiger partial charge is 0.336 e. The van der Waals surface area contributed by atoms with Crippen molar-refractivity contribution in [2.75, 3.05) is 0 Å². The zero-order valence-electron chi connectivity index (χ0n) is 21.7. The van der Waals surface area contributed by atoms with Crippen molar-refractivity contribution in [2.24, 2.45) is 0 Å². The van der Waals surface area contributed by atoms with Crippen LogP contribution in [0.15, 0.2) is 78.9 Å². The van der Waals surface area contributed by atoms with Crippen LogP contribution in [-0.4, -0.2) is 17.2 Å². The van der Waals surface area contributed by atoms with E-state index in [-0.39, 0.29) is 24.4 Å². The van der Waals surface area contributed by atoms with Gasteiger partial charge in [-0.05, 0) is 84.5 Å². The Morgan fingerprint density at radius 1 is 0.946 bits per heavy atom. The lowest BCUT2D eigenvalue weighted by Gasteiger charge is -2.34. The number of benzene rings is 4. The van der Waals surface area contributed by atoms with Gasteiger partial charge >= 0.3 is 5.97 Å². The number of aryl methyl sites for hydroxylation is 1. The van der Waals surface area contributed by atoms with E-state index in [1.165, 1.54) is 16.3 Å². The zero-order chi connectivity index (χ0) is 25.2. The van der Waals surface area contributed by atoms with E-state index >= 15 is 0 Å². The first-order valence-corrected chi connectivity index (χ1v) is 13.0. The van der Waals surface area contributed by atoms with Crippen LogP contribution in [-0.2, 0) is 0 Å². The summed E-state index contributed by atoms with van der Waals surface area (Å²) in [5, 5.41) is 12.5. The van der Waals surface area contributed by atoms with Gasteiger partial charge in [-0.1, -0.05) is 79.7 Å². The summed E-state index contributed by atoms with van der Waals surface area (Å²) in [6.45, 7) is 6.15. The minimum atomic E-state index is -0.855. The van der Waals surface area contributed by atoms with Crippen LogP contribution in [0.25, 0.3) is 10.8 Å². The summed E-state index contributed by atoms with van der Waals surface area (Å²) in [5.41, 5.74) is 5.77. The number of carboxylic acids is 1. The molecule has 1 aliphatic rings. The molecule has 0 unspecified atom stereocenters. The highest BCUT2D eigenvalue weighted by molar-refractivity contribution is 5.91. The number of ether oxygens (including phenoxy) is 1. The average Bonchev–Trinajstić information content (AvgIpc) is 2.88. The van der Waals surface area contributed by atoms with Gasteiger partial charge in [0.15, 0.2) is 0 Å². The summed E-state index contributed by atoms with van der Waals surface area (Å²) in [6.07, 6.45) is 4.14. The Morgan fingerprint density at radius 2 is 1.68 bits per heavy atom. The van der Waals surface area contributed by atoms with Crippen LogP contribution in [0.2, 0.25) is 0 Å². The van der Waals surface area contributed by atoms with Crippen LogP contribution < -0.4 is 4.74 Å². The molecule has 4 aromatic carbocycles. The maximum absolute atomic E-state index is 12.0. The second-order valence-corrected chi connectivity index (χ2v) is 10.2.